The van der Waals surface area contributed by atoms with Crippen LogP contribution >= 0.6 is 11.8 Å². The second-order valence-electron chi connectivity index (χ2n) is 5.39. The van der Waals surface area contributed by atoms with Crippen molar-refractivity contribution in [3.8, 4) is 17.2 Å². The van der Waals surface area contributed by atoms with Crippen LogP contribution < -0.4 is 19.9 Å². The van der Waals surface area contributed by atoms with Crippen molar-refractivity contribution < 1.29 is 24.1 Å². The van der Waals surface area contributed by atoms with E-state index in [9.17, 15) is 4.79 Å². The van der Waals surface area contributed by atoms with Crippen LogP contribution in [0.15, 0.2) is 52.7 Å². The van der Waals surface area contributed by atoms with Crippen LogP contribution in [0.2, 0.25) is 0 Å². The summed E-state index contributed by atoms with van der Waals surface area (Å²) in [6.45, 7) is -0.514. The number of benzene rings is 2. The first-order chi connectivity index (χ1) is 13.5. The number of nitrogens with zero attached hydrogens (tertiary/aromatic N) is 2. The van der Waals surface area contributed by atoms with Gasteiger partial charge in [-0.1, -0.05) is 42.1 Å². The minimum Gasteiger partial charge on any atom is -0.493 e. The van der Waals surface area contributed by atoms with Gasteiger partial charge in [-0.3, -0.25) is 0 Å². The zero-order valence-corrected chi connectivity index (χ0v) is 16.3. The highest BCUT2D eigenvalue weighted by Gasteiger charge is 2.15. The molecule has 0 aliphatic carbocycles. The van der Waals surface area contributed by atoms with Crippen molar-refractivity contribution in [1.82, 2.24) is 0 Å². The summed E-state index contributed by atoms with van der Waals surface area (Å²) in [4.78, 5) is 10.7. The zero-order valence-electron chi connectivity index (χ0n) is 15.5. The van der Waals surface area contributed by atoms with Gasteiger partial charge in [-0.05, 0) is 17.7 Å². The van der Waals surface area contributed by atoms with E-state index < -0.39 is 12.6 Å². The summed E-state index contributed by atoms with van der Waals surface area (Å²) in [5.41, 5.74) is 7.63. The lowest BCUT2D eigenvalue weighted by molar-refractivity contribution is -0.139. The third kappa shape index (κ3) is 6.51. The monoisotopic (exact) mass is 403 g/mol. The van der Waals surface area contributed by atoms with E-state index in [1.165, 1.54) is 32.2 Å². The molecule has 2 rings (SSSR count). The van der Waals surface area contributed by atoms with Crippen LogP contribution in [-0.4, -0.2) is 43.3 Å². The molecule has 0 spiro atoms. The van der Waals surface area contributed by atoms with E-state index in [2.05, 4.69) is 10.2 Å². The minimum absolute atomic E-state index is 0.200. The van der Waals surface area contributed by atoms with Crippen LogP contribution in [0.25, 0.3) is 0 Å². The fourth-order valence-electron chi connectivity index (χ4n) is 2.16. The van der Waals surface area contributed by atoms with Crippen LogP contribution in [-0.2, 0) is 10.5 Å². The lowest BCUT2D eigenvalue weighted by atomic mass is 10.2. The van der Waals surface area contributed by atoms with Gasteiger partial charge < -0.3 is 25.1 Å². The van der Waals surface area contributed by atoms with Crippen molar-refractivity contribution in [2.24, 2.45) is 15.9 Å². The maximum Gasteiger partial charge on any atom is 0.341 e. The first-order valence-corrected chi connectivity index (χ1v) is 9.16. The van der Waals surface area contributed by atoms with Gasteiger partial charge >= 0.3 is 5.97 Å². The van der Waals surface area contributed by atoms with Crippen molar-refractivity contribution in [3.05, 3.63) is 53.6 Å². The highest BCUT2D eigenvalue weighted by Crippen LogP contribution is 2.38. The van der Waals surface area contributed by atoms with Gasteiger partial charge in [-0.2, -0.15) is 5.10 Å². The molecule has 0 fully saturated rings. The van der Waals surface area contributed by atoms with Crippen LogP contribution in [0.1, 0.15) is 11.1 Å². The first-order valence-electron chi connectivity index (χ1n) is 8.17. The molecule has 0 atom stereocenters. The van der Waals surface area contributed by atoms with Crippen LogP contribution in [0.3, 0.4) is 0 Å². The molecular formula is C19H21N3O5S. The Morgan fingerprint density at radius 1 is 1.18 bits per heavy atom. The average Bonchev–Trinajstić information content (AvgIpc) is 2.71. The summed E-state index contributed by atoms with van der Waals surface area (Å²) in [5, 5.41) is 17.1. The van der Waals surface area contributed by atoms with Gasteiger partial charge in [0.05, 0.1) is 20.4 Å². The molecule has 2 aromatic carbocycles. The number of carboxylic acid groups (broad SMARTS) is 1. The second-order valence-corrected chi connectivity index (χ2v) is 6.39. The fraction of sp³-hybridized carbons (Fsp3) is 0.211. The normalized spacial score (nSPS) is 11.4. The molecule has 0 heterocycles. The summed E-state index contributed by atoms with van der Waals surface area (Å²) in [7, 11) is 2.89. The maximum absolute atomic E-state index is 10.7. The SMILES string of the molecule is COc1cc(C=NN=C(N)SCc2ccccc2)cc(OC)c1OCC(=O)O. The Labute approximate surface area is 167 Å². The number of methoxy groups -OCH3 is 2. The molecule has 3 N–H and O–H groups in total. The third-order valence-corrected chi connectivity index (χ3v) is 4.27. The highest BCUT2D eigenvalue weighted by molar-refractivity contribution is 8.13. The Balaban J connectivity index is 2.08. The van der Waals surface area contributed by atoms with Gasteiger partial charge in [0.15, 0.2) is 23.3 Å². The molecule has 0 aliphatic rings. The lowest BCUT2D eigenvalue weighted by Gasteiger charge is -2.14. The molecular weight excluding hydrogens is 382 g/mol. The summed E-state index contributed by atoms with van der Waals surface area (Å²) < 4.78 is 15.7. The van der Waals surface area contributed by atoms with Crippen molar-refractivity contribution in [2.75, 3.05) is 20.8 Å². The number of amidine groups is 1. The molecule has 0 aromatic heterocycles. The number of rotatable bonds is 9. The van der Waals surface area contributed by atoms with Gasteiger partial charge in [0, 0.05) is 11.3 Å². The van der Waals surface area contributed by atoms with E-state index in [1.807, 2.05) is 30.3 Å². The zero-order chi connectivity index (χ0) is 20.4. The number of carbonyl (C=O) groups is 1. The molecule has 8 nitrogen and oxygen atoms in total. The van der Waals surface area contributed by atoms with Crippen LogP contribution in [0.4, 0.5) is 0 Å². The van der Waals surface area contributed by atoms with E-state index in [4.69, 9.17) is 25.1 Å². The Bertz CT molecular complexity index is 831. The summed E-state index contributed by atoms with van der Waals surface area (Å²) in [5.74, 6) is 0.427. The number of hydrogen-bond acceptors (Lipinski definition) is 7. The topological polar surface area (TPSA) is 116 Å². The predicted molar refractivity (Wildman–Crippen MR) is 110 cm³/mol. The summed E-state index contributed by atoms with van der Waals surface area (Å²) in [6, 6.07) is 13.2. The van der Waals surface area contributed by atoms with E-state index in [0.29, 0.717) is 28.0 Å². The Hall–Kier alpha value is -3.20. The van der Waals surface area contributed by atoms with Crippen LogP contribution in [0.5, 0.6) is 17.2 Å². The van der Waals surface area contributed by atoms with Gasteiger partial charge in [0.25, 0.3) is 0 Å². The van der Waals surface area contributed by atoms with Gasteiger partial charge in [-0.15, -0.1) is 5.10 Å². The Morgan fingerprint density at radius 2 is 1.82 bits per heavy atom. The van der Waals surface area contributed by atoms with Crippen molar-refractivity contribution in [1.29, 1.82) is 0 Å². The highest BCUT2D eigenvalue weighted by atomic mass is 32.2. The lowest BCUT2D eigenvalue weighted by Crippen LogP contribution is -2.11. The molecule has 0 unspecified atom stereocenters. The number of nitrogens with two attached hydrogens (primary N) is 1. The molecule has 0 aliphatic heterocycles. The van der Waals surface area contributed by atoms with Crippen molar-refractivity contribution in [3.63, 3.8) is 0 Å². The van der Waals surface area contributed by atoms with E-state index in [-0.39, 0.29) is 5.75 Å². The molecule has 0 bridgehead atoms. The molecule has 28 heavy (non-hydrogen) atoms. The van der Waals surface area contributed by atoms with Gasteiger partial charge in [0.1, 0.15) is 0 Å². The predicted octanol–water partition coefficient (Wildman–Crippen LogP) is 2.75. The Morgan fingerprint density at radius 3 is 2.39 bits per heavy atom. The first kappa shape index (κ1) is 21.1. The van der Waals surface area contributed by atoms with Gasteiger partial charge in [0.2, 0.25) is 5.75 Å². The largest absolute Gasteiger partial charge is 0.493 e. The summed E-state index contributed by atoms with van der Waals surface area (Å²) in [6.07, 6.45) is 1.49. The van der Waals surface area contributed by atoms with Crippen molar-refractivity contribution >= 4 is 29.1 Å². The van der Waals surface area contributed by atoms with Crippen LogP contribution in [0, 0.1) is 0 Å². The van der Waals surface area contributed by atoms with E-state index >= 15 is 0 Å². The standard InChI is InChI=1S/C19H21N3O5S/c1-25-15-8-14(9-16(26-2)18(15)27-11-17(23)24)10-21-22-19(20)28-12-13-6-4-3-5-7-13/h3-10H,11-12H2,1-2H3,(H2,20,22)(H,23,24). The van der Waals surface area contributed by atoms with Crippen molar-refractivity contribution in [2.45, 2.75) is 5.75 Å². The van der Waals surface area contributed by atoms with Gasteiger partial charge in [-0.25, -0.2) is 4.79 Å². The third-order valence-electron chi connectivity index (χ3n) is 3.42. The van der Waals surface area contributed by atoms with E-state index in [0.717, 1.165) is 5.56 Å². The fourth-order valence-corrected chi connectivity index (χ4v) is 2.78. The number of hydrogen-bond donors (Lipinski definition) is 2. The minimum atomic E-state index is -1.10. The summed E-state index contributed by atoms with van der Waals surface area (Å²) >= 11 is 1.38. The number of aliphatic carboxylic acids is 1. The molecule has 0 radical (unpaired) electrons. The molecule has 0 saturated carbocycles. The quantitative estimate of drug-likeness (QED) is 0.376. The second kappa shape index (κ2) is 10.8. The Kier molecular flexibility index (Phi) is 8.16. The molecule has 0 saturated heterocycles. The maximum atomic E-state index is 10.7. The molecule has 0 amide bonds. The van der Waals surface area contributed by atoms with E-state index in [1.54, 1.807) is 12.1 Å². The number of carboxylic acids is 1. The molecule has 148 valence electrons. The average molecular weight is 403 g/mol. The number of ether oxygens (including phenoxy) is 3. The molecule has 9 heteroatoms. The number of thioether (sulfide) groups is 1. The smallest absolute Gasteiger partial charge is 0.341 e. The molecule has 2 aromatic rings.